The third kappa shape index (κ3) is 8.14. The number of nitrogens with two attached hydrogens (primary N) is 2. The second-order valence-corrected chi connectivity index (χ2v) is 4.77. The van der Waals surface area contributed by atoms with Gasteiger partial charge < -0.3 is 26.6 Å². The van der Waals surface area contributed by atoms with Crippen molar-refractivity contribution in [3.63, 3.8) is 0 Å². The molecule has 0 aliphatic heterocycles. The molecule has 0 radical (unpaired) electrons. The maximum Gasteiger partial charge on any atom is 0.347 e. The molecule has 2 unspecified atom stereocenters. The maximum atomic E-state index is 12.1. The van der Waals surface area contributed by atoms with Crippen molar-refractivity contribution in [2.45, 2.75) is 37.8 Å². The topological polar surface area (TPSA) is 177 Å². The molecule has 2 atom stereocenters. The summed E-state index contributed by atoms with van der Waals surface area (Å²) in [5.74, 6) is 2.70. The van der Waals surface area contributed by atoms with Crippen LogP contribution >= 0.6 is 0 Å². The van der Waals surface area contributed by atoms with Crippen molar-refractivity contribution in [1.29, 1.82) is 5.41 Å². The minimum Gasteiger partial charge on any atom is -0.372 e. The SMILES string of the molecule is CNC(CCC(=O)CN)C(=O)NC(CCC(=O)C=N)C(=O)ON. The molecule has 0 bridgehead atoms. The van der Waals surface area contributed by atoms with Gasteiger partial charge in [-0.1, -0.05) is 0 Å². The van der Waals surface area contributed by atoms with Crippen LogP contribution in [0.2, 0.25) is 0 Å². The van der Waals surface area contributed by atoms with Crippen molar-refractivity contribution in [3.05, 3.63) is 0 Å². The lowest BCUT2D eigenvalue weighted by Crippen LogP contribution is -2.50. The van der Waals surface area contributed by atoms with Gasteiger partial charge in [0.25, 0.3) is 0 Å². The van der Waals surface area contributed by atoms with Gasteiger partial charge in [0.2, 0.25) is 5.91 Å². The Morgan fingerprint density at radius 2 is 1.78 bits per heavy atom. The number of amides is 1. The second-order valence-electron chi connectivity index (χ2n) is 4.77. The summed E-state index contributed by atoms with van der Waals surface area (Å²) in [5.41, 5.74) is 5.20. The van der Waals surface area contributed by atoms with Crippen molar-refractivity contribution in [1.82, 2.24) is 10.6 Å². The first-order chi connectivity index (χ1) is 10.9. The van der Waals surface area contributed by atoms with E-state index in [9.17, 15) is 19.2 Å². The normalized spacial score (nSPS) is 12.8. The highest BCUT2D eigenvalue weighted by atomic mass is 16.7. The van der Waals surface area contributed by atoms with E-state index in [1.54, 1.807) is 0 Å². The van der Waals surface area contributed by atoms with Crippen LogP contribution in [0.4, 0.5) is 0 Å². The third-order valence-electron chi connectivity index (χ3n) is 3.16. The molecule has 10 heteroatoms. The molecular formula is C13H23N5O5. The molecule has 130 valence electrons. The van der Waals surface area contributed by atoms with Crippen LogP contribution < -0.4 is 22.3 Å². The molecule has 1 amide bonds. The highest BCUT2D eigenvalue weighted by Crippen LogP contribution is 2.03. The minimum absolute atomic E-state index is 0.0475. The smallest absolute Gasteiger partial charge is 0.347 e. The Morgan fingerprint density at radius 1 is 1.17 bits per heavy atom. The third-order valence-corrected chi connectivity index (χ3v) is 3.16. The van der Waals surface area contributed by atoms with Crippen molar-refractivity contribution in [2.24, 2.45) is 11.6 Å². The summed E-state index contributed by atoms with van der Waals surface area (Å²) in [5, 5.41) is 11.9. The fourth-order valence-electron chi connectivity index (χ4n) is 1.78. The van der Waals surface area contributed by atoms with Crippen LogP contribution in [0.15, 0.2) is 0 Å². The van der Waals surface area contributed by atoms with Gasteiger partial charge >= 0.3 is 5.97 Å². The Morgan fingerprint density at radius 3 is 2.26 bits per heavy atom. The largest absolute Gasteiger partial charge is 0.372 e. The molecule has 7 N–H and O–H groups in total. The molecule has 0 aliphatic carbocycles. The summed E-state index contributed by atoms with van der Waals surface area (Å²) >= 11 is 0. The zero-order valence-electron chi connectivity index (χ0n) is 13.0. The summed E-state index contributed by atoms with van der Waals surface area (Å²) in [6, 6.07) is -1.82. The lowest BCUT2D eigenvalue weighted by molar-refractivity contribution is -0.149. The molecule has 0 rings (SSSR count). The Balaban J connectivity index is 4.70. The maximum absolute atomic E-state index is 12.1. The average molecular weight is 329 g/mol. The number of carbonyl (C=O) groups excluding carboxylic acids is 4. The summed E-state index contributed by atoms with van der Waals surface area (Å²) in [6.45, 7) is -0.105. The molecule has 0 spiro atoms. The molecule has 0 fully saturated rings. The summed E-state index contributed by atoms with van der Waals surface area (Å²) < 4.78 is 0. The van der Waals surface area contributed by atoms with Gasteiger partial charge in [0, 0.05) is 12.8 Å². The number of likely N-dealkylation sites (N-methyl/N-ethyl adjacent to an activating group) is 1. The predicted molar refractivity (Wildman–Crippen MR) is 81.4 cm³/mol. The highest BCUT2D eigenvalue weighted by Gasteiger charge is 2.26. The van der Waals surface area contributed by atoms with E-state index in [1.807, 2.05) is 0 Å². The molecule has 0 heterocycles. The Bertz CT molecular complexity index is 454. The van der Waals surface area contributed by atoms with Crippen LogP contribution in [0.5, 0.6) is 0 Å². The van der Waals surface area contributed by atoms with E-state index in [0.717, 1.165) is 0 Å². The predicted octanol–water partition coefficient (Wildman–Crippen LogP) is -2.22. The number of nitrogens with one attached hydrogen (secondary N) is 3. The lowest BCUT2D eigenvalue weighted by Gasteiger charge is -2.20. The van der Waals surface area contributed by atoms with Gasteiger partial charge in [0.1, 0.15) is 11.8 Å². The summed E-state index contributed by atoms with van der Waals surface area (Å²) in [4.78, 5) is 50.1. The highest BCUT2D eigenvalue weighted by molar-refractivity contribution is 6.26. The van der Waals surface area contributed by atoms with E-state index >= 15 is 0 Å². The van der Waals surface area contributed by atoms with Crippen molar-refractivity contribution >= 4 is 29.7 Å². The van der Waals surface area contributed by atoms with Crippen LogP contribution in [0, 0.1) is 5.41 Å². The van der Waals surface area contributed by atoms with Gasteiger partial charge in [0.15, 0.2) is 5.78 Å². The molecule has 0 aromatic heterocycles. The van der Waals surface area contributed by atoms with Gasteiger partial charge in [-0.3, -0.25) is 14.4 Å². The van der Waals surface area contributed by atoms with Gasteiger partial charge in [-0.15, -0.1) is 0 Å². The molecular weight excluding hydrogens is 306 g/mol. The van der Waals surface area contributed by atoms with Crippen molar-refractivity contribution < 1.29 is 24.0 Å². The number of carbonyl (C=O) groups is 4. The standard InChI is InChI=1S/C13H23N5O5/c1-17-10(4-2-8(19)6-14)12(21)18-11(13(22)23-16)5-3-9(20)7-15/h7,10-11,15,17H,2-6,14,16H2,1H3,(H,18,21). The van der Waals surface area contributed by atoms with E-state index in [0.29, 0.717) is 6.21 Å². The summed E-state index contributed by atoms with van der Waals surface area (Å²) in [6.07, 6.45) is 0.797. The van der Waals surface area contributed by atoms with Gasteiger partial charge in [0.05, 0.1) is 18.8 Å². The monoisotopic (exact) mass is 329 g/mol. The molecule has 0 aromatic rings. The van der Waals surface area contributed by atoms with Crippen LogP contribution in [-0.2, 0) is 24.0 Å². The van der Waals surface area contributed by atoms with E-state index in [-0.39, 0.29) is 38.0 Å². The van der Waals surface area contributed by atoms with Gasteiger partial charge in [-0.25, -0.2) is 4.79 Å². The number of Topliss-reactive ketones (excluding diaryl/α,β-unsaturated/α-hetero) is 2. The first-order valence-corrected chi connectivity index (χ1v) is 7.02. The first kappa shape index (κ1) is 20.8. The fourth-order valence-corrected chi connectivity index (χ4v) is 1.78. The molecule has 23 heavy (non-hydrogen) atoms. The van der Waals surface area contributed by atoms with Crippen LogP contribution in [0.3, 0.4) is 0 Å². The number of hydrogen-bond acceptors (Lipinski definition) is 9. The molecule has 0 aromatic carbocycles. The van der Waals surface area contributed by atoms with Crippen molar-refractivity contribution in [3.8, 4) is 0 Å². The molecule has 0 saturated carbocycles. The van der Waals surface area contributed by atoms with Crippen LogP contribution in [0.25, 0.3) is 0 Å². The fraction of sp³-hybridized carbons (Fsp3) is 0.615. The molecule has 0 aliphatic rings. The number of ketones is 2. The second kappa shape index (κ2) is 11.4. The van der Waals surface area contributed by atoms with Crippen LogP contribution in [0.1, 0.15) is 25.7 Å². The molecule has 0 saturated heterocycles. The zero-order valence-corrected chi connectivity index (χ0v) is 13.0. The quantitative estimate of drug-likeness (QED) is 0.197. The number of rotatable bonds is 12. The van der Waals surface area contributed by atoms with E-state index in [2.05, 4.69) is 15.5 Å². The van der Waals surface area contributed by atoms with E-state index < -0.39 is 29.7 Å². The van der Waals surface area contributed by atoms with Gasteiger partial charge in [-0.05, 0) is 19.9 Å². The molecule has 10 nitrogen and oxygen atoms in total. The minimum atomic E-state index is -1.11. The Hall–Kier alpha value is -2.17. The van der Waals surface area contributed by atoms with E-state index in [4.69, 9.17) is 17.0 Å². The first-order valence-electron chi connectivity index (χ1n) is 7.02. The Kier molecular flexibility index (Phi) is 10.3. The Labute approximate surface area is 133 Å². The number of hydrogen-bond donors (Lipinski definition) is 5. The zero-order chi connectivity index (χ0) is 17.8. The average Bonchev–Trinajstić information content (AvgIpc) is 2.57. The lowest BCUT2D eigenvalue weighted by atomic mass is 10.1. The van der Waals surface area contributed by atoms with Gasteiger partial charge in [-0.2, -0.15) is 5.90 Å². The van der Waals surface area contributed by atoms with Crippen molar-refractivity contribution in [2.75, 3.05) is 13.6 Å². The van der Waals surface area contributed by atoms with E-state index in [1.165, 1.54) is 7.05 Å². The summed E-state index contributed by atoms with van der Waals surface area (Å²) in [7, 11) is 1.53. The van der Waals surface area contributed by atoms with Crippen LogP contribution in [-0.4, -0.2) is 55.3 Å².